The number of pyridine rings is 1. The monoisotopic (exact) mass is 438 g/mol. The molecule has 1 fully saturated rings. The van der Waals surface area contributed by atoms with Crippen LogP contribution in [0.15, 0.2) is 33.6 Å². The van der Waals surface area contributed by atoms with Crippen molar-refractivity contribution in [2.75, 3.05) is 19.0 Å². The first-order valence-corrected chi connectivity index (χ1v) is 10.4. The van der Waals surface area contributed by atoms with Gasteiger partial charge >= 0.3 is 6.09 Å². The Morgan fingerprint density at radius 3 is 3.00 bits per heavy atom. The van der Waals surface area contributed by atoms with Crippen LogP contribution in [-0.2, 0) is 15.1 Å². The number of thiophene rings is 1. The van der Waals surface area contributed by atoms with E-state index in [1.165, 1.54) is 31.0 Å². The molecule has 10 nitrogen and oxygen atoms in total. The van der Waals surface area contributed by atoms with Crippen LogP contribution in [0.25, 0.3) is 10.4 Å². The second-order valence-electron chi connectivity index (χ2n) is 6.87. The Balaban J connectivity index is 1.84. The van der Waals surface area contributed by atoms with Crippen molar-refractivity contribution < 1.29 is 19.1 Å². The molecule has 11 heteroatoms. The summed E-state index contributed by atoms with van der Waals surface area (Å²) in [5.74, 6) is 0.250. The van der Waals surface area contributed by atoms with Crippen LogP contribution < -0.4 is 5.32 Å². The third kappa shape index (κ3) is 3.71. The number of aliphatic imine (C=N–C) groups is 1. The van der Waals surface area contributed by atoms with Crippen LogP contribution in [0.3, 0.4) is 0 Å². The molecule has 2 atom stereocenters. The van der Waals surface area contributed by atoms with Gasteiger partial charge in [0.05, 0.1) is 28.0 Å². The minimum atomic E-state index is -1.19. The van der Waals surface area contributed by atoms with Crippen molar-refractivity contribution in [2.45, 2.75) is 31.0 Å². The maximum absolute atomic E-state index is 12.1. The molecule has 0 bridgehead atoms. The lowest BCUT2D eigenvalue weighted by atomic mass is 9.92. The first-order valence-electron chi connectivity index (χ1n) is 9.54. The van der Waals surface area contributed by atoms with Gasteiger partial charge in [-0.2, -0.15) is 5.26 Å². The van der Waals surface area contributed by atoms with Crippen molar-refractivity contribution in [1.82, 2.24) is 4.98 Å². The highest BCUT2D eigenvalue weighted by Crippen LogP contribution is 2.48. The number of rotatable bonds is 5. The Hall–Kier alpha value is -3.49. The Bertz CT molecular complexity index is 1100. The zero-order chi connectivity index (χ0) is 21.8. The molecule has 1 saturated heterocycles. The lowest BCUT2D eigenvalue weighted by molar-refractivity contribution is -0.0307. The van der Waals surface area contributed by atoms with Crippen LogP contribution in [-0.4, -0.2) is 43.5 Å². The van der Waals surface area contributed by atoms with Crippen LogP contribution in [0, 0.1) is 11.3 Å². The van der Waals surface area contributed by atoms with Gasteiger partial charge in [0.1, 0.15) is 24.3 Å². The van der Waals surface area contributed by atoms with E-state index in [4.69, 9.17) is 4.74 Å². The van der Waals surface area contributed by atoms with Crippen molar-refractivity contribution in [1.29, 1.82) is 5.26 Å². The summed E-state index contributed by atoms with van der Waals surface area (Å²) in [5, 5.41) is 20.7. The lowest BCUT2D eigenvalue weighted by Gasteiger charge is -2.33. The van der Waals surface area contributed by atoms with Gasteiger partial charge in [-0.1, -0.05) is 0 Å². The number of carbonyl (C=O) groups is 2. The summed E-state index contributed by atoms with van der Waals surface area (Å²) in [6.07, 6.45) is 5.06. The second-order valence-corrected chi connectivity index (χ2v) is 7.89. The smallest absolute Gasteiger partial charge is 0.412 e. The molecule has 1 N–H and O–H groups in total. The summed E-state index contributed by atoms with van der Waals surface area (Å²) in [4.78, 5) is 33.2. The number of ether oxygens (including phenoxy) is 2. The van der Waals surface area contributed by atoms with E-state index in [-0.39, 0.29) is 23.0 Å². The molecule has 0 aromatic carbocycles. The van der Waals surface area contributed by atoms with Crippen molar-refractivity contribution in [3.8, 4) is 16.5 Å². The summed E-state index contributed by atoms with van der Waals surface area (Å²) < 4.78 is 10.5. The molecule has 2 unspecified atom stereocenters. The summed E-state index contributed by atoms with van der Waals surface area (Å²) in [7, 11) is 1.25. The third-order valence-electron chi connectivity index (χ3n) is 5.09. The third-order valence-corrected chi connectivity index (χ3v) is 6.46. The van der Waals surface area contributed by atoms with Gasteiger partial charge in [0.25, 0.3) is 0 Å². The number of methoxy groups -OCH3 is 1. The molecule has 4 rings (SSSR count). The summed E-state index contributed by atoms with van der Waals surface area (Å²) in [5.41, 5.74) is -0.159. The molecule has 1 amide bonds. The topological polar surface area (TPSA) is 138 Å². The van der Waals surface area contributed by atoms with E-state index in [1.807, 2.05) is 0 Å². The van der Waals surface area contributed by atoms with Gasteiger partial charge in [0.2, 0.25) is 5.66 Å². The fraction of sp³-hybridized carbons (Fsp3) is 0.350. The highest BCUT2D eigenvalue weighted by Gasteiger charge is 2.48. The molecule has 158 valence electrons. The number of carbonyl (C=O) groups excluding carboxylic acids is 2. The van der Waals surface area contributed by atoms with E-state index < -0.39 is 11.8 Å². The number of nitrogens with zero attached hydrogens (tertiary/aromatic N) is 5. The van der Waals surface area contributed by atoms with E-state index in [1.54, 1.807) is 12.1 Å². The molecule has 2 aliphatic heterocycles. The predicted octanol–water partition coefficient (Wildman–Crippen LogP) is 3.89. The van der Waals surface area contributed by atoms with Crippen LogP contribution in [0.1, 0.15) is 40.1 Å². The van der Waals surface area contributed by atoms with E-state index >= 15 is 0 Å². The van der Waals surface area contributed by atoms with E-state index in [2.05, 4.69) is 36.3 Å². The van der Waals surface area contributed by atoms with Gasteiger partial charge in [-0.3, -0.25) is 10.1 Å². The molecule has 0 radical (unpaired) electrons. The predicted molar refractivity (Wildman–Crippen MR) is 112 cm³/mol. The van der Waals surface area contributed by atoms with Crippen LogP contribution in [0.5, 0.6) is 0 Å². The average Bonchev–Trinajstić information content (AvgIpc) is 3.45. The molecular formula is C20H18N6O4S. The molecule has 2 aliphatic rings. The highest BCUT2D eigenvalue weighted by atomic mass is 32.1. The Morgan fingerprint density at radius 2 is 2.35 bits per heavy atom. The van der Waals surface area contributed by atoms with Gasteiger partial charge in [0, 0.05) is 12.8 Å². The number of amides is 1. The molecule has 0 aliphatic carbocycles. The van der Waals surface area contributed by atoms with Gasteiger partial charge < -0.3 is 9.47 Å². The summed E-state index contributed by atoms with van der Waals surface area (Å²) in [6, 6.07) is 5.42. The molecule has 2 aromatic heterocycles. The number of hydrogen-bond donors (Lipinski definition) is 1. The summed E-state index contributed by atoms with van der Waals surface area (Å²) >= 11 is 1.24. The number of anilines is 1. The zero-order valence-electron chi connectivity index (χ0n) is 16.6. The quantitative estimate of drug-likeness (QED) is 0.703. The minimum Gasteiger partial charge on any atom is -0.453 e. The number of aldehydes is 1. The van der Waals surface area contributed by atoms with Gasteiger partial charge in [0.15, 0.2) is 6.29 Å². The SMILES string of the molecule is COC(=O)Nc1cc(-c2sc(C3(C4CCCCO4)N=CN=N3)c(C=O)c2C#N)ccn1. The van der Waals surface area contributed by atoms with E-state index in [0.29, 0.717) is 34.6 Å². The number of aromatic nitrogens is 1. The number of azo groups is 1. The first-order chi connectivity index (χ1) is 15.1. The lowest BCUT2D eigenvalue weighted by Crippen LogP contribution is -2.39. The van der Waals surface area contributed by atoms with E-state index in [0.717, 1.165) is 12.8 Å². The van der Waals surface area contributed by atoms with Crippen molar-refractivity contribution in [3.63, 3.8) is 0 Å². The standard InChI is InChI=1S/C20H18N6O4S/c1-29-19(28)25-16-8-12(5-6-22-16)17-13(9-21)14(10-27)18(31-17)20(23-11-24-26-20)15-4-2-3-7-30-15/h5-6,8,10-11,15H,2-4,7H2,1H3,(H,22,25,28). The fourth-order valence-corrected chi connectivity index (χ4v) is 4.99. The summed E-state index contributed by atoms with van der Waals surface area (Å²) in [6.45, 7) is 0.574. The maximum atomic E-state index is 12.1. The van der Waals surface area contributed by atoms with Gasteiger partial charge in [-0.15, -0.1) is 21.6 Å². The van der Waals surface area contributed by atoms with Crippen molar-refractivity contribution in [2.24, 2.45) is 15.2 Å². The minimum absolute atomic E-state index is 0.206. The molecule has 4 heterocycles. The first kappa shape index (κ1) is 20.8. The Kier molecular flexibility index (Phi) is 5.83. The van der Waals surface area contributed by atoms with Crippen LogP contribution in [0.4, 0.5) is 10.6 Å². The van der Waals surface area contributed by atoms with Crippen LogP contribution >= 0.6 is 11.3 Å². The Morgan fingerprint density at radius 1 is 1.48 bits per heavy atom. The fourth-order valence-electron chi connectivity index (χ4n) is 3.65. The number of hydrogen-bond acceptors (Lipinski definition) is 10. The molecule has 2 aromatic rings. The number of nitriles is 1. The second kappa shape index (κ2) is 8.71. The normalized spacial score (nSPS) is 22.1. The average molecular weight is 438 g/mol. The number of nitrogens with one attached hydrogen (secondary N) is 1. The largest absolute Gasteiger partial charge is 0.453 e. The molecule has 31 heavy (non-hydrogen) atoms. The van der Waals surface area contributed by atoms with E-state index in [9.17, 15) is 14.9 Å². The highest BCUT2D eigenvalue weighted by molar-refractivity contribution is 7.16. The van der Waals surface area contributed by atoms with Crippen LogP contribution in [0.2, 0.25) is 0 Å². The molecule has 0 spiro atoms. The maximum Gasteiger partial charge on any atom is 0.412 e. The Labute approximate surface area is 181 Å². The zero-order valence-corrected chi connectivity index (χ0v) is 17.4. The van der Waals surface area contributed by atoms with Gasteiger partial charge in [-0.05, 0) is 37.0 Å². The van der Waals surface area contributed by atoms with Crippen molar-refractivity contribution >= 4 is 35.9 Å². The molecular weight excluding hydrogens is 420 g/mol. The van der Waals surface area contributed by atoms with Gasteiger partial charge in [-0.25, -0.2) is 14.8 Å². The molecule has 0 saturated carbocycles. The van der Waals surface area contributed by atoms with Crippen molar-refractivity contribution in [3.05, 3.63) is 34.3 Å².